The topological polar surface area (TPSA) is 61.1 Å². The smallest absolute Gasteiger partial charge is 0.328 e. The Morgan fingerprint density at radius 1 is 1.38 bits per heavy atom. The fourth-order valence-electron chi connectivity index (χ4n) is 1.67. The van der Waals surface area contributed by atoms with Crippen molar-refractivity contribution in [3.8, 4) is 6.07 Å². The van der Waals surface area contributed by atoms with Crippen molar-refractivity contribution in [2.75, 3.05) is 0 Å². The van der Waals surface area contributed by atoms with Gasteiger partial charge in [-0.3, -0.25) is 0 Å². The number of carboxylic acid groups (broad SMARTS) is 1. The monoisotopic (exact) mass is 213 g/mol. The van der Waals surface area contributed by atoms with Crippen LogP contribution in [-0.2, 0) is 10.2 Å². The summed E-state index contributed by atoms with van der Waals surface area (Å²) in [7, 11) is 0. The van der Waals surface area contributed by atoms with Crippen LogP contribution in [0.25, 0.3) is 6.08 Å². The second kappa shape index (κ2) is 3.82. The van der Waals surface area contributed by atoms with E-state index in [9.17, 15) is 4.79 Å². The van der Waals surface area contributed by atoms with Gasteiger partial charge in [-0.15, -0.1) is 0 Å². The highest BCUT2D eigenvalue weighted by Crippen LogP contribution is 2.47. The lowest BCUT2D eigenvalue weighted by atomic mass is 9.97. The molecule has 1 fully saturated rings. The summed E-state index contributed by atoms with van der Waals surface area (Å²) in [6, 6.07) is 9.81. The van der Waals surface area contributed by atoms with Crippen LogP contribution in [0.15, 0.2) is 30.3 Å². The molecule has 3 nitrogen and oxygen atoms in total. The molecule has 0 unspecified atom stereocenters. The van der Waals surface area contributed by atoms with Crippen LogP contribution in [0.5, 0.6) is 0 Å². The van der Waals surface area contributed by atoms with Crippen molar-refractivity contribution in [2.45, 2.75) is 18.3 Å². The van der Waals surface area contributed by atoms with Crippen LogP contribution in [0, 0.1) is 11.3 Å². The molecule has 0 spiro atoms. The van der Waals surface area contributed by atoms with E-state index in [1.807, 2.05) is 24.3 Å². The third-order valence-electron chi connectivity index (χ3n) is 2.85. The average Bonchev–Trinajstić information content (AvgIpc) is 3.08. The number of nitriles is 1. The highest BCUT2D eigenvalue weighted by atomic mass is 16.4. The molecule has 16 heavy (non-hydrogen) atoms. The quantitative estimate of drug-likeness (QED) is 0.784. The molecule has 0 aliphatic heterocycles. The first-order valence-electron chi connectivity index (χ1n) is 5.09. The van der Waals surface area contributed by atoms with Crippen molar-refractivity contribution in [3.63, 3.8) is 0 Å². The standard InChI is InChI=1S/C13H11NO2/c14-9-13(7-8-13)11-4-1-10(2-5-11)3-6-12(15)16/h1-6H,7-8H2,(H,15,16). The van der Waals surface area contributed by atoms with Crippen LogP contribution in [0.1, 0.15) is 24.0 Å². The molecule has 0 amide bonds. The highest BCUT2D eigenvalue weighted by Gasteiger charge is 2.44. The van der Waals surface area contributed by atoms with E-state index in [1.165, 1.54) is 6.08 Å². The zero-order valence-corrected chi connectivity index (χ0v) is 8.68. The zero-order chi connectivity index (χ0) is 11.6. The molecule has 0 heterocycles. The Bertz CT molecular complexity index is 476. The molecule has 0 bridgehead atoms. The zero-order valence-electron chi connectivity index (χ0n) is 8.68. The Balaban J connectivity index is 2.18. The van der Waals surface area contributed by atoms with Crippen LogP contribution in [-0.4, -0.2) is 11.1 Å². The summed E-state index contributed by atoms with van der Waals surface area (Å²) in [5, 5.41) is 17.5. The second-order valence-corrected chi connectivity index (χ2v) is 3.99. The van der Waals surface area contributed by atoms with Crippen molar-refractivity contribution in [1.29, 1.82) is 5.26 Å². The van der Waals surface area contributed by atoms with E-state index in [1.54, 1.807) is 0 Å². The summed E-state index contributed by atoms with van der Waals surface area (Å²) in [5.41, 5.74) is 1.59. The molecule has 0 radical (unpaired) electrons. The van der Waals surface area contributed by atoms with Gasteiger partial charge in [0.2, 0.25) is 0 Å². The van der Waals surface area contributed by atoms with Gasteiger partial charge in [0.25, 0.3) is 0 Å². The molecular weight excluding hydrogens is 202 g/mol. The number of carboxylic acids is 1. The van der Waals surface area contributed by atoms with Gasteiger partial charge in [0.1, 0.15) is 0 Å². The molecule has 1 aromatic rings. The van der Waals surface area contributed by atoms with Crippen molar-refractivity contribution in [2.24, 2.45) is 0 Å². The minimum atomic E-state index is -0.959. The van der Waals surface area contributed by atoms with Gasteiger partial charge in [0.05, 0.1) is 11.5 Å². The van der Waals surface area contributed by atoms with Crippen molar-refractivity contribution in [3.05, 3.63) is 41.5 Å². The molecule has 0 saturated heterocycles. The van der Waals surface area contributed by atoms with E-state index in [4.69, 9.17) is 10.4 Å². The third-order valence-corrected chi connectivity index (χ3v) is 2.85. The van der Waals surface area contributed by atoms with E-state index < -0.39 is 5.97 Å². The number of hydrogen-bond donors (Lipinski definition) is 1. The Morgan fingerprint density at radius 3 is 2.44 bits per heavy atom. The number of hydrogen-bond acceptors (Lipinski definition) is 2. The van der Waals surface area contributed by atoms with E-state index in [0.29, 0.717) is 0 Å². The van der Waals surface area contributed by atoms with Crippen molar-refractivity contribution in [1.82, 2.24) is 0 Å². The fraction of sp³-hybridized carbons (Fsp3) is 0.231. The predicted molar refractivity (Wildman–Crippen MR) is 59.6 cm³/mol. The fourth-order valence-corrected chi connectivity index (χ4v) is 1.67. The lowest BCUT2D eigenvalue weighted by molar-refractivity contribution is -0.131. The van der Waals surface area contributed by atoms with Crippen LogP contribution in [0.2, 0.25) is 0 Å². The largest absolute Gasteiger partial charge is 0.478 e. The summed E-state index contributed by atoms with van der Waals surface area (Å²) < 4.78 is 0. The van der Waals surface area contributed by atoms with Gasteiger partial charge in [0.15, 0.2) is 0 Å². The summed E-state index contributed by atoms with van der Waals surface area (Å²) in [4.78, 5) is 10.3. The minimum absolute atomic E-state index is 0.269. The van der Waals surface area contributed by atoms with E-state index in [0.717, 1.165) is 30.0 Å². The molecule has 1 aromatic carbocycles. The maximum Gasteiger partial charge on any atom is 0.328 e. The Hall–Kier alpha value is -2.08. The number of aliphatic carboxylic acids is 1. The molecule has 1 aliphatic carbocycles. The maximum atomic E-state index is 10.3. The summed E-state index contributed by atoms with van der Waals surface area (Å²) in [6.45, 7) is 0. The molecule has 2 rings (SSSR count). The number of carbonyl (C=O) groups is 1. The first kappa shape index (κ1) is 10.4. The van der Waals surface area contributed by atoms with Gasteiger partial charge >= 0.3 is 5.97 Å². The molecule has 3 heteroatoms. The van der Waals surface area contributed by atoms with Crippen LogP contribution >= 0.6 is 0 Å². The molecule has 1 saturated carbocycles. The van der Waals surface area contributed by atoms with Crippen LogP contribution in [0.3, 0.4) is 0 Å². The Morgan fingerprint density at radius 2 is 2.00 bits per heavy atom. The molecule has 0 aromatic heterocycles. The van der Waals surface area contributed by atoms with Crippen molar-refractivity contribution < 1.29 is 9.90 Å². The van der Waals surface area contributed by atoms with Gasteiger partial charge in [-0.1, -0.05) is 24.3 Å². The van der Waals surface area contributed by atoms with E-state index >= 15 is 0 Å². The summed E-state index contributed by atoms with van der Waals surface area (Å²) in [5.74, 6) is -0.959. The summed E-state index contributed by atoms with van der Waals surface area (Å²) >= 11 is 0. The Labute approximate surface area is 93.6 Å². The average molecular weight is 213 g/mol. The summed E-state index contributed by atoms with van der Waals surface area (Å²) in [6.07, 6.45) is 4.49. The van der Waals surface area contributed by atoms with Crippen molar-refractivity contribution >= 4 is 12.0 Å². The van der Waals surface area contributed by atoms with Crippen LogP contribution in [0.4, 0.5) is 0 Å². The minimum Gasteiger partial charge on any atom is -0.478 e. The second-order valence-electron chi connectivity index (χ2n) is 3.99. The molecule has 0 atom stereocenters. The lowest BCUT2D eigenvalue weighted by Crippen LogP contribution is -2.01. The lowest BCUT2D eigenvalue weighted by Gasteiger charge is -2.05. The van der Waals surface area contributed by atoms with Gasteiger partial charge < -0.3 is 5.11 Å². The first-order chi connectivity index (χ1) is 7.66. The van der Waals surface area contributed by atoms with Crippen LogP contribution < -0.4 is 0 Å². The third kappa shape index (κ3) is 1.96. The van der Waals surface area contributed by atoms with Gasteiger partial charge in [-0.2, -0.15) is 5.26 Å². The number of nitrogens with zero attached hydrogens (tertiary/aromatic N) is 1. The molecule has 80 valence electrons. The van der Waals surface area contributed by atoms with Gasteiger partial charge in [-0.25, -0.2) is 4.79 Å². The molecule has 1 aliphatic rings. The molecule has 1 N–H and O–H groups in total. The Kier molecular flexibility index (Phi) is 2.49. The number of rotatable bonds is 3. The number of benzene rings is 1. The first-order valence-corrected chi connectivity index (χ1v) is 5.09. The molecular formula is C13H11NO2. The van der Waals surface area contributed by atoms with E-state index in [2.05, 4.69) is 6.07 Å². The SMILES string of the molecule is N#CC1(c2ccc(C=CC(=O)O)cc2)CC1. The van der Waals surface area contributed by atoms with Gasteiger partial charge in [-0.05, 0) is 30.0 Å². The predicted octanol–water partition coefficient (Wildman–Crippen LogP) is 2.34. The van der Waals surface area contributed by atoms with Gasteiger partial charge in [0, 0.05) is 6.08 Å². The normalized spacial score (nSPS) is 16.9. The van der Waals surface area contributed by atoms with E-state index in [-0.39, 0.29) is 5.41 Å². The maximum absolute atomic E-state index is 10.3. The highest BCUT2D eigenvalue weighted by molar-refractivity contribution is 5.85.